The van der Waals surface area contributed by atoms with Crippen LogP contribution in [-0.2, 0) is 5.75 Å². The molecule has 0 amide bonds. The van der Waals surface area contributed by atoms with E-state index in [2.05, 4.69) is 25.2 Å². The highest BCUT2D eigenvalue weighted by Gasteiger charge is 2.13. The molecule has 122 valence electrons. The zero-order chi connectivity index (χ0) is 16.7. The van der Waals surface area contributed by atoms with Gasteiger partial charge in [0.2, 0.25) is 5.16 Å². The van der Waals surface area contributed by atoms with E-state index in [0.717, 1.165) is 22.5 Å². The van der Waals surface area contributed by atoms with Crippen molar-refractivity contribution in [3.05, 3.63) is 39.6 Å². The summed E-state index contributed by atoms with van der Waals surface area (Å²) >= 11 is 3.06. The normalized spacial score (nSPS) is 11.5. The van der Waals surface area contributed by atoms with Crippen LogP contribution in [0.15, 0.2) is 26.5 Å². The first-order valence-electron chi connectivity index (χ1n) is 7.30. The predicted molar refractivity (Wildman–Crippen MR) is 92.2 cm³/mol. The lowest BCUT2D eigenvalue weighted by molar-refractivity contribution is 0.425. The third-order valence-electron chi connectivity index (χ3n) is 3.81. The fraction of sp³-hybridized carbons (Fsp3) is 0.267. The molecule has 0 saturated heterocycles. The van der Waals surface area contributed by atoms with Gasteiger partial charge in [-0.05, 0) is 37.8 Å². The summed E-state index contributed by atoms with van der Waals surface area (Å²) in [4.78, 5) is 13.3. The van der Waals surface area contributed by atoms with Crippen LogP contribution in [-0.4, -0.2) is 29.7 Å². The number of aromatic nitrogens is 6. The maximum absolute atomic E-state index is 5.28. The van der Waals surface area contributed by atoms with E-state index < -0.39 is 0 Å². The maximum Gasteiger partial charge on any atom is 0.258 e. The van der Waals surface area contributed by atoms with E-state index >= 15 is 0 Å². The summed E-state index contributed by atoms with van der Waals surface area (Å²) in [6.07, 6.45) is 0. The van der Waals surface area contributed by atoms with Crippen LogP contribution in [0.3, 0.4) is 0 Å². The van der Waals surface area contributed by atoms with E-state index in [1.807, 2.05) is 37.6 Å². The maximum atomic E-state index is 5.28. The Kier molecular flexibility index (Phi) is 3.81. The third-order valence-corrected chi connectivity index (χ3v) is 5.32. The molecule has 0 atom stereocenters. The van der Waals surface area contributed by atoms with Gasteiger partial charge < -0.3 is 4.52 Å². The Morgan fingerprint density at radius 1 is 1.21 bits per heavy atom. The minimum atomic E-state index is 0.540. The Labute approximate surface area is 146 Å². The van der Waals surface area contributed by atoms with E-state index in [4.69, 9.17) is 4.52 Å². The molecule has 0 unspecified atom stereocenters. The SMILES string of the molecule is Cc1nc2nc(SCc3noc(-c4ccsc4)n3)nn2c(C)c1C. The minimum Gasteiger partial charge on any atom is -0.334 e. The Morgan fingerprint density at radius 2 is 2.08 bits per heavy atom. The van der Waals surface area contributed by atoms with Gasteiger partial charge in [-0.15, -0.1) is 5.10 Å². The first-order chi connectivity index (χ1) is 11.6. The van der Waals surface area contributed by atoms with Crippen LogP contribution in [0.5, 0.6) is 0 Å². The predicted octanol–water partition coefficient (Wildman–Crippen LogP) is 3.45. The van der Waals surface area contributed by atoms with Gasteiger partial charge in [0.15, 0.2) is 5.82 Å². The van der Waals surface area contributed by atoms with Gasteiger partial charge in [-0.25, -0.2) is 9.50 Å². The Morgan fingerprint density at radius 3 is 2.88 bits per heavy atom. The lowest BCUT2D eigenvalue weighted by Gasteiger charge is -2.04. The van der Waals surface area contributed by atoms with Crippen LogP contribution >= 0.6 is 23.1 Å². The van der Waals surface area contributed by atoms with Crippen LogP contribution in [0, 0.1) is 20.8 Å². The van der Waals surface area contributed by atoms with Gasteiger partial charge >= 0.3 is 0 Å². The van der Waals surface area contributed by atoms with Crippen molar-refractivity contribution >= 4 is 28.9 Å². The van der Waals surface area contributed by atoms with Crippen molar-refractivity contribution in [1.29, 1.82) is 0 Å². The summed E-state index contributed by atoms with van der Waals surface area (Å²) in [5.41, 5.74) is 4.10. The smallest absolute Gasteiger partial charge is 0.258 e. The molecule has 4 heterocycles. The van der Waals surface area contributed by atoms with Crippen molar-refractivity contribution in [3.63, 3.8) is 0 Å². The van der Waals surface area contributed by atoms with Crippen molar-refractivity contribution in [2.45, 2.75) is 31.7 Å². The van der Waals surface area contributed by atoms with Crippen molar-refractivity contribution < 1.29 is 4.52 Å². The number of hydrogen-bond donors (Lipinski definition) is 0. The summed E-state index contributed by atoms with van der Waals surface area (Å²) < 4.78 is 7.06. The summed E-state index contributed by atoms with van der Waals surface area (Å²) in [6.45, 7) is 6.04. The molecule has 0 fully saturated rings. The van der Waals surface area contributed by atoms with Gasteiger partial charge in [0.25, 0.3) is 11.7 Å². The molecule has 4 rings (SSSR count). The zero-order valence-electron chi connectivity index (χ0n) is 13.3. The minimum absolute atomic E-state index is 0.540. The first-order valence-corrected chi connectivity index (χ1v) is 9.23. The van der Waals surface area contributed by atoms with E-state index in [0.29, 0.717) is 28.4 Å². The highest BCUT2D eigenvalue weighted by atomic mass is 32.2. The number of hydrogen-bond acceptors (Lipinski definition) is 8. The quantitative estimate of drug-likeness (QED) is 0.517. The number of thiophene rings is 1. The average molecular weight is 358 g/mol. The van der Waals surface area contributed by atoms with Gasteiger partial charge in [-0.1, -0.05) is 16.9 Å². The molecule has 9 heteroatoms. The zero-order valence-corrected chi connectivity index (χ0v) is 15.0. The van der Waals surface area contributed by atoms with Crippen LogP contribution in [0.1, 0.15) is 22.8 Å². The number of thioether (sulfide) groups is 1. The molecule has 0 radical (unpaired) electrons. The molecule has 7 nitrogen and oxygen atoms in total. The molecular formula is C15H14N6OS2. The fourth-order valence-electron chi connectivity index (χ4n) is 2.24. The largest absolute Gasteiger partial charge is 0.334 e. The van der Waals surface area contributed by atoms with Crippen molar-refractivity contribution in [2.24, 2.45) is 0 Å². The van der Waals surface area contributed by atoms with Gasteiger partial charge in [-0.2, -0.15) is 21.3 Å². The van der Waals surface area contributed by atoms with Crippen LogP contribution in [0.4, 0.5) is 0 Å². The summed E-state index contributed by atoms with van der Waals surface area (Å²) in [5, 5.41) is 13.1. The topological polar surface area (TPSA) is 82.0 Å². The average Bonchev–Trinajstić information content (AvgIpc) is 3.29. The molecule has 0 aromatic carbocycles. The summed E-state index contributed by atoms with van der Waals surface area (Å²) in [6, 6.07) is 1.96. The van der Waals surface area contributed by atoms with Crippen molar-refractivity contribution in [1.82, 2.24) is 29.7 Å². The number of nitrogens with zero attached hydrogens (tertiary/aromatic N) is 6. The van der Waals surface area contributed by atoms with E-state index in [9.17, 15) is 0 Å². The summed E-state index contributed by atoms with van der Waals surface area (Å²) in [7, 11) is 0. The van der Waals surface area contributed by atoms with E-state index in [1.54, 1.807) is 15.9 Å². The fourth-order valence-corrected chi connectivity index (χ4v) is 3.53. The second-order valence-electron chi connectivity index (χ2n) is 5.33. The molecule has 0 N–H and O–H groups in total. The van der Waals surface area contributed by atoms with Crippen LogP contribution in [0.2, 0.25) is 0 Å². The molecule has 0 saturated carbocycles. The molecule has 0 aliphatic heterocycles. The molecule has 0 spiro atoms. The van der Waals surface area contributed by atoms with Crippen LogP contribution in [0.25, 0.3) is 17.2 Å². The lowest BCUT2D eigenvalue weighted by Crippen LogP contribution is -2.02. The lowest BCUT2D eigenvalue weighted by atomic mass is 10.2. The van der Waals surface area contributed by atoms with Crippen molar-refractivity contribution in [2.75, 3.05) is 0 Å². The van der Waals surface area contributed by atoms with Gasteiger partial charge in [0.1, 0.15) is 0 Å². The number of fused-ring (bicyclic) bond motifs is 1. The van der Waals surface area contributed by atoms with Gasteiger partial charge in [-0.3, -0.25) is 0 Å². The van der Waals surface area contributed by atoms with Crippen LogP contribution < -0.4 is 0 Å². The molecule has 0 bridgehead atoms. The molecule has 0 aliphatic carbocycles. The highest BCUT2D eigenvalue weighted by molar-refractivity contribution is 7.98. The van der Waals surface area contributed by atoms with Gasteiger partial charge in [0, 0.05) is 16.8 Å². The molecule has 24 heavy (non-hydrogen) atoms. The van der Waals surface area contributed by atoms with E-state index in [-0.39, 0.29) is 0 Å². The Balaban J connectivity index is 1.54. The molecule has 4 aromatic heterocycles. The third kappa shape index (κ3) is 2.69. The van der Waals surface area contributed by atoms with Gasteiger partial charge in [0.05, 0.1) is 11.3 Å². The molecule has 4 aromatic rings. The Hall–Kier alpha value is -2.26. The highest BCUT2D eigenvalue weighted by Crippen LogP contribution is 2.23. The summed E-state index contributed by atoms with van der Waals surface area (Å²) in [5.74, 6) is 2.32. The second kappa shape index (κ2) is 5.99. The monoisotopic (exact) mass is 358 g/mol. The molecular weight excluding hydrogens is 344 g/mol. The Bertz CT molecular complexity index is 1000. The van der Waals surface area contributed by atoms with E-state index in [1.165, 1.54) is 11.8 Å². The first kappa shape index (κ1) is 15.3. The number of aryl methyl sites for hydroxylation is 2. The standard InChI is InChI=1S/C15H14N6OS2/c1-8-9(2)16-14-18-15(19-21(14)10(8)3)24-7-12-17-13(22-20-12)11-4-5-23-6-11/h4-6H,7H2,1-3H3. The second-order valence-corrected chi connectivity index (χ2v) is 7.05. The number of rotatable bonds is 4. The molecule has 0 aliphatic rings. The van der Waals surface area contributed by atoms with Crippen molar-refractivity contribution in [3.8, 4) is 11.5 Å².